The van der Waals surface area contributed by atoms with E-state index < -0.39 is 11.9 Å². The monoisotopic (exact) mass is 330 g/mol. The Morgan fingerprint density at radius 1 is 1.33 bits per heavy atom. The Morgan fingerprint density at radius 2 is 2.08 bits per heavy atom. The van der Waals surface area contributed by atoms with E-state index in [4.69, 9.17) is 20.9 Å². The van der Waals surface area contributed by atoms with Crippen molar-refractivity contribution in [3.05, 3.63) is 47.7 Å². The molecule has 4 N–H and O–H groups in total. The van der Waals surface area contributed by atoms with Crippen molar-refractivity contribution >= 4 is 23.8 Å². The number of nitrogen functional groups attached to an aromatic ring is 1. The largest absolute Gasteiger partial charge is 0.496 e. The van der Waals surface area contributed by atoms with Gasteiger partial charge in [-0.1, -0.05) is 18.2 Å². The Kier molecular flexibility index (Phi) is 5.56. The molecule has 126 valence electrons. The van der Waals surface area contributed by atoms with Crippen molar-refractivity contribution in [3.8, 4) is 5.75 Å². The van der Waals surface area contributed by atoms with Gasteiger partial charge in [-0.15, -0.1) is 0 Å². The number of aromatic nitrogens is 2. The van der Waals surface area contributed by atoms with Crippen molar-refractivity contribution in [2.24, 2.45) is 5.73 Å². The number of hydrogen-bond donors (Lipinski definition) is 2. The van der Waals surface area contributed by atoms with Crippen molar-refractivity contribution < 1.29 is 19.1 Å². The van der Waals surface area contributed by atoms with Crippen LogP contribution in [0.2, 0.25) is 0 Å². The molecule has 0 fully saturated rings. The fourth-order valence-electron chi connectivity index (χ4n) is 2.01. The molecule has 2 aromatic rings. The van der Waals surface area contributed by atoms with Crippen molar-refractivity contribution in [2.75, 3.05) is 19.5 Å². The van der Waals surface area contributed by atoms with Gasteiger partial charge in [-0.2, -0.15) is 5.10 Å². The Labute approximate surface area is 138 Å². The number of benzene rings is 1. The van der Waals surface area contributed by atoms with E-state index in [2.05, 4.69) is 5.10 Å². The minimum absolute atomic E-state index is 0.0547. The minimum Gasteiger partial charge on any atom is -0.496 e. The van der Waals surface area contributed by atoms with Crippen LogP contribution in [-0.4, -0.2) is 35.4 Å². The van der Waals surface area contributed by atoms with E-state index in [0.717, 1.165) is 5.56 Å². The molecule has 1 amide bonds. The predicted octanol–water partition coefficient (Wildman–Crippen LogP) is 0.829. The first-order valence-corrected chi connectivity index (χ1v) is 7.12. The number of carbonyl (C=O) groups excluding carboxylic acids is 2. The zero-order chi connectivity index (χ0) is 17.5. The number of carbonyl (C=O) groups is 2. The lowest BCUT2D eigenvalue weighted by Crippen LogP contribution is -2.16. The summed E-state index contributed by atoms with van der Waals surface area (Å²) in [6.07, 6.45) is 4.19. The minimum atomic E-state index is -0.657. The molecule has 0 atom stereocenters. The van der Waals surface area contributed by atoms with Gasteiger partial charge < -0.3 is 20.9 Å². The van der Waals surface area contributed by atoms with Gasteiger partial charge in [0.15, 0.2) is 0 Å². The number of nitrogens with two attached hydrogens (primary N) is 2. The summed E-state index contributed by atoms with van der Waals surface area (Å²) in [5, 5.41) is 3.92. The van der Waals surface area contributed by atoms with E-state index in [1.54, 1.807) is 19.3 Å². The summed E-state index contributed by atoms with van der Waals surface area (Å²) in [7, 11) is 1.56. The third kappa shape index (κ3) is 4.13. The van der Waals surface area contributed by atoms with Crippen molar-refractivity contribution in [2.45, 2.75) is 6.54 Å². The first-order valence-electron chi connectivity index (χ1n) is 7.12. The van der Waals surface area contributed by atoms with Crippen molar-refractivity contribution in [3.63, 3.8) is 0 Å². The third-order valence-corrected chi connectivity index (χ3v) is 3.23. The smallest absolute Gasteiger partial charge is 0.330 e. The molecule has 1 heterocycles. The van der Waals surface area contributed by atoms with Gasteiger partial charge in [0.1, 0.15) is 23.7 Å². The highest BCUT2D eigenvalue weighted by atomic mass is 16.5. The quantitative estimate of drug-likeness (QED) is 0.572. The third-order valence-electron chi connectivity index (χ3n) is 3.23. The summed E-state index contributed by atoms with van der Waals surface area (Å²) in [6.45, 7) is 0.270. The molecule has 2 rings (SSSR count). The lowest BCUT2D eigenvalue weighted by Gasteiger charge is -2.05. The molecule has 0 bridgehead atoms. The SMILES string of the molecule is COc1ccccc1/C=C\C(=O)OCCn1ncc(C(N)=O)c1N. The molecule has 0 unspecified atom stereocenters. The molecule has 0 aliphatic rings. The number of rotatable bonds is 7. The maximum absolute atomic E-state index is 11.7. The van der Waals surface area contributed by atoms with Crippen LogP contribution in [0.4, 0.5) is 5.82 Å². The Balaban J connectivity index is 1.87. The number of nitrogens with zero attached hydrogens (tertiary/aromatic N) is 2. The average molecular weight is 330 g/mol. The highest BCUT2D eigenvalue weighted by Crippen LogP contribution is 2.18. The topological polar surface area (TPSA) is 122 Å². The molecule has 1 aromatic carbocycles. The van der Waals surface area contributed by atoms with E-state index in [1.807, 2.05) is 18.2 Å². The molecule has 1 aromatic heterocycles. The number of amides is 1. The fraction of sp³-hybridized carbons (Fsp3) is 0.188. The standard InChI is InChI=1S/C16H18N4O4/c1-23-13-5-3-2-4-11(13)6-7-14(21)24-9-8-20-15(17)12(10-19-20)16(18)22/h2-7,10H,8-9,17H2,1H3,(H2,18,22)/b7-6-. The maximum Gasteiger partial charge on any atom is 0.330 e. The van der Waals surface area contributed by atoms with E-state index in [0.29, 0.717) is 5.75 Å². The second kappa shape index (κ2) is 7.82. The molecule has 0 aliphatic carbocycles. The van der Waals surface area contributed by atoms with Crippen LogP contribution >= 0.6 is 0 Å². The van der Waals surface area contributed by atoms with E-state index in [-0.39, 0.29) is 24.5 Å². The number of ether oxygens (including phenoxy) is 2. The van der Waals surface area contributed by atoms with Gasteiger partial charge in [0.25, 0.3) is 5.91 Å². The summed E-state index contributed by atoms with van der Waals surface area (Å²) in [6, 6.07) is 7.29. The normalized spacial score (nSPS) is 10.7. The van der Waals surface area contributed by atoms with Crippen LogP contribution in [-0.2, 0) is 16.1 Å². The second-order valence-electron chi connectivity index (χ2n) is 4.77. The van der Waals surface area contributed by atoms with Crippen LogP contribution in [0.15, 0.2) is 36.5 Å². The molecule has 24 heavy (non-hydrogen) atoms. The molecular formula is C16H18N4O4. The number of methoxy groups -OCH3 is 1. The second-order valence-corrected chi connectivity index (χ2v) is 4.77. The van der Waals surface area contributed by atoms with Crippen LogP contribution in [0.3, 0.4) is 0 Å². The van der Waals surface area contributed by atoms with Crippen LogP contribution in [0.25, 0.3) is 6.08 Å². The van der Waals surface area contributed by atoms with Gasteiger partial charge in [-0.05, 0) is 12.1 Å². The number of esters is 1. The van der Waals surface area contributed by atoms with Gasteiger partial charge >= 0.3 is 5.97 Å². The summed E-state index contributed by atoms with van der Waals surface area (Å²) in [5.74, 6) is -0.370. The average Bonchev–Trinajstić information content (AvgIpc) is 2.94. The molecule has 0 radical (unpaired) electrons. The lowest BCUT2D eigenvalue weighted by molar-refractivity contribution is -0.138. The van der Waals surface area contributed by atoms with E-state index >= 15 is 0 Å². The van der Waals surface area contributed by atoms with Crippen molar-refractivity contribution in [1.82, 2.24) is 9.78 Å². The summed E-state index contributed by atoms with van der Waals surface area (Å²) < 4.78 is 11.6. The molecule has 0 aliphatic heterocycles. The number of para-hydroxylation sites is 1. The highest BCUT2D eigenvalue weighted by Gasteiger charge is 2.12. The first kappa shape index (κ1) is 17.1. The summed E-state index contributed by atoms with van der Waals surface area (Å²) >= 11 is 0. The van der Waals surface area contributed by atoms with Crippen LogP contribution in [0, 0.1) is 0 Å². The number of primary amides is 1. The highest BCUT2D eigenvalue weighted by molar-refractivity contribution is 5.96. The molecule has 8 heteroatoms. The fourth-order valence-corrected chi connectivity index (χ4v) is 2.01. The molecule has 0 spiro atoms. The van der Waals surface area contributed by atoms with Crippen LogP contribution in [0.5, 0.6) is 5.75 Å². The van der Waals surface area contributed by atoms with E-state index in [1.165, 1.54) is 17.0 Å². The molecule has 0 saturated heterocycles. The lowest BCUT2D eigenvalue weighted by atomic mass is 10.2. The molecule has 0 saturated carbocycles. The predicted molar refractivity (Wildman–Crippen MR) is 88.1 cm³/mol. The van der Waals surface area contributed by atoms with Crippen LogP contribution in [0.1, 0.15) is 15.9 Å². The molecule has 8 nitrogen and oxygen atoms in total. The van der Waals surface area contributed by atoms with Gasteiger partial charge in [-0.3, -0.25) is 4.79 Å². The molecular weight excluding hydrogens is 312 g/mol. The zero-order valence-corrected chi connectivity index (χ0v) is 13.1. The van der Waals surface area contributed by atoms with E-state index in [9.17, 15) is 9.59 Å². The Hall–Kier alpha value is -3.29. The zero-order valence-electron chi connectivity index (χ0n) is 13.1. The van der Waals surface area contributed by atoms with Gasteiger partial charge in [0.05, 0.1) is 19.9 Å². The van der Waals surface area contributed by atoms with Gasteiger partial charge in [-0.25, -0.2) is 9.48 Å². The summed E-state index contributed by atoms with van der Waals surface area (Å²) in [5.41, 5.74) is 11.8. The first-order chi connectivity index (χ1) is 11.5. The van der Waals surface area contributed by atoms with Gasteiger partial charge in [0.2, 0.25) is 0 Å². The maximum atomic E-state index is 11.7. The number of hydrogen-bond acceptors (Lipinski definition) is 6. The number of anilines is 1. The summed E-state index contributed by atoms with van der Waals surface area (Å²) in [4.78, 5) is 22.8. The Morgan fingerprint density at radius 3 is 2.75 bits per heavy atom. The Bertz CT molecular complexity index is 767. The van der Waals surface area contributed by atoms with Crippen molar-refractivity contribution in [1.29, 1.82) is 0 Å². The van der Waals surface area contributed by atoms with Gasteiger partial charge in [0, 0.05) is 11.6 Å². The van der Waals surface area contributed by atoms with Crippen LogP contribution < -0.4 is 16.2 Å².